The van der Waals surface area contributed by atoms with Gasteiger partial charge in [-0.25, -0.2) is 0 Å². The van der Waals surface area contributed by atoms with Gasteiger partial charge >= 0.3 is 5.97 Å². The van der Waals surface area contributed by atoms with E-state index in [1.54, 1.807) is 30.3 Å². The number of esters is 1. The molecule has 2 rings (SSSR count). The molecular weight excluding hydrogens is 427 g/mol. The molecule has 2 N–H and O–H groups in total. The van der Waals surface area contributed by atoms with E-state index in [0.29, 0.717) is 26.4 Å². The van der Waals surface area contributed by atoms with Gasteiger partial charge in [-0.15, -0.1) is 0 Å². The number of aryl methyl sites for hydroxylation is 1. The highest BCUT2D eigenvalue weighted by atomic mass is 35.5. The van der Waals surface area contributed by atoms with Gasteiger partial charge < -0.3 is 15.4 Å². The van der Waals surface area contributed by atoms with Gasteiger partial charge in [0, 0.05) is 22.8 Å². The van der Waals surface area contributed by atoms with Crippen molar-refractivity contribution in [1.82, 2.24) is 0 Å². The molecule has 0 spiro atoms. The Bertz CT molecular complexity index is 903. The third-order valence-corrected chi connectivity index (χ3v) is 4.57. The molecule has 0 aliphatic heterocycles. The molecule has 2 amide bonds. The summed E-state index contributed by atoms with van der Waals surface area (Å²) in [5, 5.41) is 6.36. The van der Waals surface area contributed by atoms with Gasteiger partial charge in [0.2, 0.25) is 5.91 Å². The van der Waals surface area contributed by atoms with E-state index in [4.69, 9.17) is 39.5 Å². The van der Waals surface area contributed by atoms with Crippen LogP contribution in [0.1, 0.15) is 18.4 Å². The van der Waals surface area contributed by atoms with E-state index in [-0.39, 0.29) is 12.8 Å². The van der Waals surface area contributed by atoms with E-state index in [1.807, 2.05) is 6.92 Å². The number of ether oxygens (including phenoxy) is 1. The van der Waals surface area contributed by atoms with Crippen LogP contribution in [0.3, 0.4) is 0 Å². The summed E-state index contributed by atoms with van der Waals surface area (Å²) in [6.45, 7) is 1.35. The number of rotatable bonds is 7. The number of nitrogens with one attached hydrogen (secondary N) is 2. The molecule has 0 aliphatic carbocycles. The number of amides is 2. The minimum atomic E-state index is -0.665. The Labute approximate surface area is 177 Å². The fraction of sp³-hybridized carbons (Fsp3) is 0.211. The van der Waals surface area contributed by atoms with Gasteiger partial charge in [-0.05, 0) is 42.8 Å². The minimum absolute atomic E-state index is 0.103. The van der Waals surface area contributed by atoms with Crippen LogP contribution in [0, 0.1) is 6.92 Å². The molecule has 6 nitrogen and oxygen atoms in total. The zero-order valence-corrected chi connectivity index (χ0v) is 17.1. The number of carbonyl (C=O) groups is 3. The second-order valence-electron chi connectivity index (χ2n) is 5.85. The van der Waals surface area contributed by atoms with Crippen molar-refractivity contribution in [2.75, 3.05) is 17.2 Å². The van der Waals surface area contributed by atoms with Gasteiger partial charge in [-0.1, -0.05) is 40.9 Å². The Morgan fingerprint density at radius 3 is 2.36 bits per heavy atom. The normalized spacial score (nSPS) is 10.3. The van der Waals surface area contributed by atoms with E-state index < -0.39 is 24.4 Å². The fourth-order valence-corrected chi connectivity index (χ4v) is 2.62. The Kier molecular flexibility index (Phi) is 8.11. The standard InChI is InChI=1S/C19H17Cl3N2O4/c1-11-2-3-12(20)8-16(11)24-18(26)10-28-19(27)7-6-17(25)23-13-4-5-14(21)15(22)9-13/h2-5,8-9H,6-7,10H2,1H3,(H,23,25)(H,24,26). The molecule has 0 aromatic heterocycles. The Hall–Kier alpha value is -2.28. The van der Waals surface area contributed by atoms with Gasteiger partial charge in [-0.3, -0.25) is 14.4 Å². The molecule has 0 heterocycles. The smallest absolute Gasteiger partial charge is 0.306 e. The van der Waals surface area contributed by atoms with Crippen LogP contribution in [0.15, 0.2) is 36.4 Å². The quantitative estimate of drug-likeness (QED) is 0.599. The monoisotopic (exact) mass is 442 g/mol. The largest absolute Gasteiger partial charge is 0.456 e. The molecule has 28 heavy (non-hydrogen) atoms. The highest BCUT2D eigenvalue weighted by Crippen LogP contribution is 2.25. The van der Waals surface area contributed by atoms with Crippen LogP contribution in [0.4, 0.5) is 11.4 Å². The highest BCUT2D eigenvalue weighted by Gasteiger charge is 2.12. The summed E-state index contributed by atoms with van der Waals surface area (Å²) in [7, 11) is 0. The van der Waals surface area contributed by atoms with Crippen molar-refractivity contribution >= 4 is 64.0 Å². The third kappa shape index (κ3) is 7.03. The second kappa shape index (κ2) is 10.3. The van der Waals surface area contributed by atoms with Gasteiger partial charge in [0.15, 0.2) is 6.61 Å². The molecule has 148 valence electrons. The molecule has 0 saturated carbocycles. The fourth-order valence-electron chi connectivity index (χ4n) is 2.15. The van der Waals surface area contributed by atoms with E-state index in [0.717, 1.165) is 5.56 Å². The zero-order valence-electron chi connectivity index (χ0n) is 14.9. The number of anilines is 2. The summed E-state index contributed by atoms with van der Waals surface area (Å²) in [5.41, 5.74) is 1.82. The van der Waals surface area contributed by atoms with Crippen molar-refractivity contribution in [3.05, 3.63) is 57.0 Å². The Morgan fingerprint density at radius 2 is 1.64 bits per heavy atom. The van der Waals surface area contributed by atoms with Crippen molar-refractivity contribution in [3.8, 4) is 0 Å². The first-order valence-electron chi connectivity index (χ1n) is 8.21. The summed E-state index contributed by atoms with van der Waals surface area (Å²) in [6, 6.07) is 9.71. The first kappa shape index (κ1) is 22.0. The lowest BCUT2D eigenvalue weighted by molar-refractivity contribution is -0.147. The molecule has 0 fully saturated rings. The first-order chi connectivity index (χ1) is 13.2. The predicted octanol–water partition coefficient (Wildman–Crippen LogP) is 4.86. The van der Waals surface area contributed by atoms with Crippen LogP contribution < -0.4 is 10.6 Å². The average Bonchev–Trinajstić information content (AvgIpc) is 2.64. The highest BCUT2D eigenvalue weighted by molar-refractivity contribution is 6.42. The molecule has 0 unspecified atom stereocenters. The number of benzene rings is 2. The zero-order chi connectivity index (χ0) is 20.7. The molecule has 2 aromatic rings. The van der Waals surface area contributed by atoms with Crippen molar-refractivity contribution in [1.29, 1.82) is 0 Å². The van der Waals surface area contributed by atoms with Crippen molar-refractivity contribution in [3.63, 3.8) is 0 Å². The lowest BCUT2D eigenvalue weighted by atomic mass is 10.2. The van der Waals surface area contributed by atoms with Gasteiger partial charge in [0.25, 0.3) is 5.91 Å². The molecule has 0 aliphatic rings. The summed E-state index contributed by atoms with van der Waals surface area (Å²) in [4.78, 5) is 35.5. The number of hydrogen-bond acceptors (Lipinski definition) is 4. The van der Waals surface area contributed by atoms with Gasteiger partial charge in [0.05, 0.1) is 16.5 Å². The summed E-state index contributed by atoms with van der Waals surface area (Å²) in [6.07, 6.45) is -0.273. The first-order valence-corrected chi connectivity index (χ1v) is 9.34. The SMILES string of the molecule is Cc1ccc(Cl)cc1NC(=O)COC(=O)CCC(=O)Nc1ccc(Cl)c(Cl)c1. The maximum Gasteiger partial charge on any atom is 0.306 e. The maximum absolute atomic E-state index is 11.9. The van der Waals surface area contributed by atoms with Crippen molar-refractivity contribution < 1.29 is 19.1 Å². The summed E-state index contributed by atoms with van der Waals surface area (Å²) >= 11 is 17.6. The molecule has 0 atom stereocenters. The predicted molar refractivity (Wildman–Crippen MR) is 110 cm³/mol. The summed E-state index contributed by atoms with van der Waals surface area (Å²) < 4.78 is 4.88. The molecule has 2 aromatic carbocycles. The third-order valence-electron chi connectivity index (χ3n) is 3.60. The van der Waals surface area contributed by atoms with Crippen LogP contribution in [0.5, 0.6) is 0 Å². The summed E-state index contributed by atoms with van der Waals surface area (Å²) in [5.74, 6) is -1.56. The molecule has 0 bridgehead atoms. The van der Waals surface area contributed by atoms with E-state index in [2.05, 4.69) is 10.6 Å². The average molecular weight is 444 g/mol. The molecular formula is C19H17Cl3N2O4. The van der Waals surface area contributed by atoms with E-state index in [1.165, 1.54) is 6.07 Å². The van der Waals surface area contributed by atoms with Crippen LogP contribution in [0.2, 0.25) is 15.1 Å². The topological polar surface area (TPSA) is 84.5 Å². The molecule has 0 radical (unpaired) electrons. The van der Waals surface area contributed by atoms with Gasteiger partial charge in [0.1, 0.15) is 0 Å². The van der Waals surface area contributed by atoms with Crippen LogP contribution in [-0.4, -0.2) is 24.4 Å². The van der Waals surface area contributed by atoms with Crippen molar-refractivity contribution in [2.24, 2.45) is 0 Å². The Morgan fingerprint density at radius 1 is 0.893 bits per heavy atom. The number of carbonyl (C=O) groups excluding carboxylic acids is 3. The number of hydrogen-bond donors (Lipinski definition) is 2. The number of halogens is 3. The van der Waals surface area contributed by atoms with Crippen LogP contribution in [0.25, 0.3) is 0 Å². The minimum Gasteiger partial charge on any atom is -0.456 e. The van der Waals surface area contributed by atoms with E-state index >= 15 is 0 Å². The van der Waals surface area contributed by atoms with Crippen LogP contribution in [-0.2, 0) is 19.1 Å². The Balaban J connectivity index is 1.73. The van der Waals surface area contributed by atoms with Crippen LogP contribution >= 0.6 is 34.8 Å². The van der Waals surface area contributed by atoms with E-state index in [9.17, 15) is 14.4 Å². The second-order valence-corrected chi connectivity index (χ2v) is 7.10. The van der Waals surface area contributed by atoms with Gasteiger partial charge in [-0.2, -0.15) is 0 Å². The lowest BCUT2D eigenvalue weighted by Gasteiger charge is -2.09. The van der Waals surface area contributed by atoms with Crippen molar-refractivity contribution in [2.45, 2.75) is 19.8 Å². The maximum atomic E-state index is 11.9. The molecule has 9 heteroatoms. The lowest BCUT2D eigenvalue weighted by Crippen LogP contribution is -2.22. The molecule has 0 saturated heterocycles.